The van der Waals surface area contributed by atoms with Crippen LogP contribution in [0.1, 0.15) is 23.5 Å². The van der Waals surface area contributed by atoms with Gasteiger partial charge in [-0.1, -0.05) is 12.1 Å². The van der Waals surface area contributed by atoms with Gasteiger partial charge in [0.15, 0.2) is 0 Å². The van der Waals surface area contributed by atoms with E-state index >= 15 is 0 Å². The Labute approximate surface area is 127 Å². The number of amides is 1. The lowest BCUT2D eigenvalue weighted by molar-refractivity contribution is -0.125. The van der Waals surface area contributed by atoms with Crippen LogP contribution in [0.3, 0.4) is 0 Å². The Morgan fingerprint density at radius 1 is 1.48 bits per heavy atom. The number of aryl methyl sites for hydroxylation is 1. The van der Waals surface area contributed by atoms with Crippen LogP contribution in [0.15, 0.2) is 24.3 Å². The van der Waals surface area contributed by atoms with Gasteiger partial charge in [0, 0.05) is 12.7 Å². The van der Waals surface area contributed by atoms with Crippen LogP contribution >= 0.6 is 11.3 Å². The van der Waals surface area contributed by atoms with Gasteiger partial charge in [0.2, 0.25) is 5.91 Å². The zero-order chi connectivity index (χ0) is 15.4. The van der Waals surface area contributed by atoms with Gasteiger partial charge in [0.25, 0.3) is 0 Å². The molecule has 0 radical (unpaired) electrons. The van der Waals surface area contributed by atoms with Crippen LogP contribution in [0.4, 0.5) is 4.39 Å². The lowest BCUT2D eigenvalue weighted by Crippen LogP contribution is -2.29. The Bertz CT molecular complexity index is 642. The molecule has 1 N–H and O–H groups in total. The minimum atomic E-state index is -0.297. The molecule has 1 aromatic carbocycles. The maximum Gasteiger partial charge on any atom is 0.246 e. The molecule has 0 saturated heterocycles. The largest absolute Gasteiger partial charge is 0.375 e. The van der Waals surface area contributed by atoms with E-state index in [0.717, 1.165) is 10.6 Å². The minimum Gasteiger partial charge on any atom is -0.375 e. The Kier molecular flexibility index (Phi) is 5.03. The zero-order valence-electron chi connectivity index (χ0n) is 12.1. The van der Waals surface area contributed by atoms with Crippen molar-refractivity contribution in [3.63, 3.8) is 0 Å². The summed E-state index contributed by atoms with van der Waals surface area (Å²) in [6.07, 6.45) is 0. The van der Waals surface area contributed by atoms with Gasteiger partial charge in [-0.3, -0.25) is 4.79 Å². The third kappa shape index (κ3) is 3.65. The van der Waals surface area contributed by atoms with E-state index in [-0.39, 0.29) is 24.4 Å². The molecule has 0 aliphatic rings. The first-order chi connectivity index (χ1) is 10.0. The Morgan fingerprint density at radius 2 is 2.19 bits per heavy atom. The normalized spacial score (nSPS) is 12.2. The molecule has 0 unspecified atom stereocenters. The van der Waals surface area contributed by atoms with Crippen LogP contribution in [0.2, 0.25) is 0 Å². The molecule has 0 saturated carbocycles. The van der Waals surface area contributed by atoms with Gasteiger partial charge in [-0.25, -0.2) is 9.37 Å². The van der Waals surface area contributed by atoms with E-state index in [9.17, 15) is 9.18 Å². The topological polar surface area (TPSA) is 51.2 Å². The number of aromatic nitrogens is 1. The van der Waals surface area contributed by atoms with Crippen molar-refractivity contribution in [1.29, 1.82) is 0 Å². The van der Waals surface area contributed by atoms with Gasteiger partial charge >= 0.3 is 0 Å². The first kappa shape index (κ1) is 15.6. The van der Waals surface area contributed by atoms with Crippen molar-refractivity contribution < 1.29 is 13.9 Å². The summed E-state index contributed by atoms with van der Waals surface area (Å²) in [6, 6.07) is 6.35. The third-order valence-corrected chi connectivity index (χ3v) is 4.36. The summed E-state index contributed by atoms with van der Waals surface area (Å²) in [7, 11) is 1.47. The van der Waals surface area contributed by atoms with E-state index in [1.165, 1.54) is 24.5 Å². The fraction of sp³-hybridized carbons (Fsp3) is 0.333. The molecule has 0 aliphatic carbocycles. The number of hydrogen-bond donors (Lipinski definition) is 1. The molecule has 0 aliphatic heterocycles. The minimum absolute atomic E-state index is 0.0162. The number of ether oxygens (including phenoxy) is 1. The van der Waals surface area contributed by atoms with Gasteiger partial charge in [0.1, 0.15) is 17.4 Å². The number of nitrogens with one attached hydrogen (secondary N) is 1. The summed E-state index contributed by atoms with van der Waals surface area (Å²) in [5.74, 6) is -0.487. The van der Waals surface area contributed by atoms with E-state index in [2.05, 4.69) is 10.3 Å². The average molecular weight is 308 g/mol. The Morgan fingerprint density at radius 3 is 2.86 bits per heavy atom. The summed E-state index contributed by atoms with van der Waals surface area (Å²) in [6.45, 7) is 3.75. The molecule has 0 fully saturated rings. The van der Waals surface area contributed by atoms with Crippen LogP contribution < -0.4 is 5.32 Å². The maximum atomic E-state index is 13.8. The number of carbonyl (C=O) groups excluding carboxylic acids is 1. The predicted octanol–water partition coefficient (Wildman–Crippen LogP) is 3.08. The van der Waals surface area contributed by atoms with Gasteiger partial charge in [0.05, 0.1) is 16.6 Å². The summed E-state index contributed by atoms with van der Waals surface area (Å²) in [4.78, 5) is 16.9. The molecule has 1 aromatic heterocycles. The molecule has 112 valence electrons. The molecule has 2 aromatic rings. The second kappa shape index (κ2) is 6.78. The summed E-state index contributed by atoms with van der Waals surface area (Å²) in [5, 5.41) is 3.45. The summed E-state index contributed by atoms with van der Waals surface area (Å²) < 4.78 is 18.6. The lowest BCUT2D eigenvalue weighted by atomic mass is 10.2. The summed E-state index contributed by atoms with van der Waals surface area (Å²) in [5.41, 5.74) is 1.27. The molecular weight excluding hydrogens is 291 g/mol. The molecule has 1 heterocycles. The van der Waals surface area contributed by atoms with Crippen molar-refractivity contribution in [2.75, 3.05) is 13.7 Å². The number of nitrogens with zero attached hydrogens (tertiary/aromatic N) is 1. The van der Waals surface area contributed by atoms with Crippen molar-refractivity contribution in [2.24, 2.45) is 0 Å². The average Bonchev–Trinajstić information content (AvgIpc) is 2.81. The number of benzene rings is 1. The molecule has 6 heteroatoms. The number of carbonyl (C=O) groups is 1. The van der Waals surface area contributed by atoms with Crippen LogP contribution in [0.25, 0.3) is 10.6 Å². The van der Waals surface area contributed by atoms with Crippen molar-refractivity contribution in [1.82, 2.24) is 10.3 Å². The Balaban J connectivity index is 2.23. The number of methoxy groups -OCH3 is 1. The highest BCUT2D eigenvalue weighted by atomic mass is 32.1. The highest BCUT2D eigenvalue weighted by Crippen LogP contribution is 2.32. The summed E-state index contributed by atoms with van der Waals surface area (Å²) >= 11 is 1.39. The molecule has 1 amide bonds. The van der Waals surface area contributed by atoms with Crippen LogP contribution in [-0.4, -0.2) is 24.6 Å². The van der Waals surface area contributed by atoms with Crippen molar-refractivity contribution in [2.45, 2.75) is 19.9 Å². The molecule has 0 spiro atoms. The number of rotatable bonds is 5. The van der Waals surface area contributed by atoms with Gasteiger partial charge < -0.3 is 10.1 Å². The second-order valence-electron chi connectivity index (χ2n) is 4.67. The fourth-order valence-corrected chi connectivity index (χ4v) is 3.14. The van der Waals surface area contributed by atoms with Crippen LogP contribution in [0.5, 0.6) is 0 Å². The van der Waals surface area contributed by atoms with Crippen molar-refractivity contribution >= 4 is 17.2 Å². The SMILES string of the molecule is COCC(=O)N[C@@H](C)c1sc(-c2ccccc2F)nc1C. The van der Waals surface area contributed by atoms with Gasteiger partial charge in [-0.2, -0.15) is 0 Å². The first-order valence-electron chi connectivity index (χ1n) is 6.53. The molecule has 0 bridgehead atoms. The molecule has 1 atom stereocenters. The van der Waals surface area contributed by atoms with E-state index in [1.54, 1.807) is 18.2 Å². The maximum absolute atomic E-state index is 13.8. The highest BCUT2D eigenvalue weighted by molar-refractivity contribution is 7.15. The van der Waals surface area contributed by atoms with Crippen LogP contribution in [0, 0.1) is 12.7 Å². The van der Waals surface area contributed by atoms with Crippen molar-refractivity contribution in [3.8, 4) is 10.6 Å². The predicted molar refractivity (Wildman–Crippen MR) is 80.7 cm³/mol. The van der Waals surface area contributed by atoms with E-state index < -0.39 is 0 Å². The number of halogens is 1. The third-order valence-electron chi connectivity index (χ3n) is 2.98. The Hall–Kier alpha value is -1.79. The van der Waals surface area contributed by atoms with Gasteiger partial charge in [-0.15, -0.1) is 11.3 Å². The van der Waals surface area contributed by atoms with Gasteiger partial charge in [-0.05, 0) is 26.0 Å². The molecular formula is C15H17FN2O2S. The molecule has 21 heavy (non-hydrogen) atoms. The van der Waals surface area contributed by atoms with E-state index in [0.29, 0.717) is 10.6 Å². The standard InChI is InChI=1S/C15H17FN2O2S/c1-9(17-13(19)8-20-3)14-10(2)18-15(21-14)11-6-4-5-7-12(11)16/h4-7,9H,8H2,1-3H3,(H,17,19)/t9-/m0/s1. The lowest BCUT2D eigenvalue weighted by Gasteiger charge is -2.12. The van der Waals surface area contributed by atoms with E-state index in [4.69, 9.17) is 4.74 Å². The quantitative estimate of drug-likeness (QED) is 0.923. The monoisotopic (exact) mass is 308 g/mol. The zero-order valence-corrected chi connectivity index (χ0v) is 13.0. The van der Waals surface area contributed by atoms with E-state index in [1.807, 2.05) is 13.8 Å². The highest BCUT2D eigenvalue weighted by Gasteiger charge is 2.18. The van der Waals surface area contributed by atoms with Crippen molar-refractivity contribution in [3.05, 3.63) is 40.7 Å². The molecule has 4 nitrogen and oxygen atoms in total. The van der Waals surface area contributed by atoms with Crippen LogP contribution in [-0.2, 0) is 9.53 Å². The fourth-order valence-electron chi connectivity index (χ4n) is 2.04. The molecule has 2 rings (SSSR count). The number of hydrogen-bond acceptors (Lipinski definition) is 4. The first-order valence-corrected chi connectivity index (χ1v) is 7.35. The number of thiazole rings is 1. The second-order valence-corrected chi connectivity index (χ2v) is 5.70. The smallest absolute Gasteiger partial charge is 0.246 e.